The molecule has 8 N–H and O–H groups in total. The van der Waals surface area contributed by atoms with E-state index in [9.17, 15) is 0 Å². The van der Waals surface area contributed by atoms with Crippen molar-refractivity contribution in [2.45, 2.75) is 25.2 Å². The third-order valence-electron chi connectivity index (χ3n) is 0.833. The first kappa shape index (κ1) is 16.8. The summed E-state index contributed by atoms with van der Waals surface area (Å²) >= 11 is 0. The predicted molar refractivity (Wildman–Crippen MR) is 48.1 cm³/mol. The lowest BCUT2D eigenvalue weighted by Gasteiger charge is -2.06. The van der Waals surface area contributed by atoms with E-state index in [1.807, 2.05) is 0 Å². The average molecular weight is 191 g/mol. The van der Waals surface area contributed by atoms with Gasteiger partial charge in [-0.1, -0.05) is 0 Å². The van der Waals surface area contributed by atoms with Crippen molar-refractivity contribution >= 4 is 24.8 Å². The SMILES string of the molecule is Cl.Cl.NC(N)CCC(N)N. The molecule has 0 aliphatic carbocycles. The van der Waals surface area contributed by atoms with Gasteiger partial charge in [-0.15, -0.1) is 24.8 Å². The second-order valence-corrected chi connectivity index (χ2v) is 1.91. The van der Waals surface area contributed by atoms with Gasteiger partial charge in [-0.2, -0.15) is 0 Å². The van der Waals surface area contributed by atoms with Crippen molar-refractivity contribution in [3.63, 3.8) is 0 Å². The van der Waals surface area contributed by atoms with Gasteiger partial charge in [0.05, 0.1) is 12.3 Å². The van der Waals surface area contributed by atoms with Gasteiger partial charge in [-0.05, 0) is 12.8 Å². The smallest absolute Gasteiger partial charge is 0.0521 e. The van der Waals surface area contributed by atoms with E-state index in [2.05, 4.69) is 0 Å². The Balaban J connectivity index is -0.000000245. The fourth-order valence-electron chi connectivity index (χ4n) is 0.385. The highest BCUT2D eigenvalue weighted by atomic mass is 35.5. The molecule has 0 aliphatic rings. The summed E-state index contributed by atoms with van der Waals surface area (Å²) in [6.07, 6.45) is 0.837. The van der Waals surface area contributed by atoms with Gasteiger partial charge in [-0.3, -0.25) is 0 Å². The summed E-state index contributed by atoms with van der Waals surface area (Å²) in [6.45, 7) is 0. The molecule has 0 amide bonds. The van der Waals surface area contributed by atoms with Crippen LogP contribution in [0.3, 0.4) is 0 Å². The number of hydrogen-bond donors (Lipinski definition) is 4. The normalized spacial score (nSPS) is 9.00. The van der Waals surface area contributed by atoms with E-state index in [-0.39, 0.29) is 37.1 Å². The summed E-state index contributed by atoms with van der Waals surface area (Å²) in [4.78, 5) is 0. The summed E-state index contributed by atoms with van der Waals surface area (Å²) in [5.74, 6) is 0. The molecule has 0 radical (unpaired) electrons. The predicted octanol–water partition coefficient (Wildman–Crippen LogP) is -0.903. The highest BCUT2D eigenvalue weighted by Gasteiger charge is 1.96. The molecule has 0 saturated heterocycles. The Morgan fingerprint density at radius 1 is 0.700 bits per heavy atom. The van der Waals surface area contributed by atoms with E-state index in [0.29, 0.717) is 12.8 Å². The van der Waals surface area contributed by atoms with Crippen LogP contribution in [0.2, 0.25) is 0 Å². The standard InChI is InChI=1S/C4H14N4.2ClH/c5-3(6)1-2-4(7)8;;/h3-4H,1-2,5-8H2;2*1H. The minimum Gasteiger partial charge on any atom is -0.316 e. The van der Waals surface area contributed by atoms with Crippen LogP contribution in [0.15, 0.2) is 0 Å². The van der Waals surface area contributed by atoms with Gasteiger partial charge in [0.25, 0.3) is 0 Å². The van der Waals surface area contributed by atoms with Crippen LogP contribution in [0.4, 0.5) is 0 Å². The van der Waals surface area contributed by atoms with Crippen LogP contribution < -0.4 is 22.9 Å². The molecule has 0 bridgehead atoms. The number of nitrogens with two attached hydrogens (primary N) is 4. The molecular formula is C4H16Cl2N4. The minimum absolute atomic E-state index is 0. The molecule has 66 valence electrons. The van der Waals surface area contributed by atoms with E-state index >= 15 is 0 Å². The zero-order valence-corrected chi connectivity index (χ0v) is 7.33. The summed E-state index contributed by atoms with van der Waals surface area (Å²) in [5, 5.41) is 0. The summed E-state index contributed by atoms with van der Waals surface area (Å²) in [6, 6.07) is 0. The molecule has 0 fully saturated rings. The summed E-state index contributed by atoms with van der Waals surface area (Å²) in [5.41, 5.74) is 20.8. The highest BCUT2D eigenvalue weighted by molar-refractivity contribution is 5.85. The van der Waals surface area contributed by atoms with Crippen molar-refractivity contribution < 1.29 is 0 Å². The Hall–Kier alpha value is 0.420. The van der Waals surface area contributed by atoms with Crippen LogP contribution in [0.5, 0.6) is 0 Å². The first-order valence-electron chi connectivity index (χ1n) is 2.65. The molecule has 0 heterocycles. The van der Waals surface area contributed by atoms with E-state index in [4.69, 9.17) is 22.9 Å². The monoisotopic (exact) mass is 190 g/mol. The van der Waals surface area contributed by atoms with E-state index < -0.39 is 0 Å². The van der Waals surface area contributed by atoms with E-state index in [1.54, 1.807) is 0 Å². The lowest BCUT2D eigenvalue weighted by molar-refractivity contribution is 0.538. The zero-order chi connectivity index (χ0) is 6.57. The molecule has 0 aliphatic heterocycles. The van der Waals surface area contributed by atoms with Crippen molar-refractivity contribution in [1.82, 2.24) is 0 Å². The van der Waals surface area contributed by atoms with Crippen molar-refractivity contribution in [2.75, 3.05) is 0 Å². The van der Waals surface area contributed by atoms with E-state index in [0.717, 1.165) is 0 Å². The molecule has 0 spiro atoms. The molecular weight excluding hydrogens is 175 g/mol. The second kappa shape index (κ2) is 9.42. The molecule has 0 aromatic rings. The van der Waals surface area contributed by atoms with Gasteiger partial charge in [0.1, 0.15) is 0 Å². The number of halogens is 2. The molecule has 4 nitrogen and oxygen atoms in total. The second-order valence-electron chi connectivity index (χ2n) is 1.91. The van der Waals surface area contributed by atoms with Gasteiger partial charge in [0.15, 0.2) is 0 Å². The van der Waals surface area contributed by atoms with Crippen molar-refractivity contribution in [3.8, 4) is 0 Å². The zero-order valence-electron chi connectivity index (χ0n) is 5.69. The molecule has 0 aromatic carbocycles. The third-order valence-corrected chi connectivity index (χ3v) is 0.833. The molecule has 0 unspecified atom stereocenters. The third kappa shape index (κ3) is 15.8. The summed E-state index contributed by atoms with van der Waals surface area (Å²) in [7, 11) is 0. The molecule has 10 heavy (non-hydrogen) atoms. The fourth-order valence-corrected chi connectivity index (χ4v) is 0.385. The van der Waals surface area contributed by atoms with Crippen molar-refractivity contribution in [2.24, 2.45) is 22.9 Å². The lowest BCUT2D eigenvalue weighted by atomic mass is 10.2. The van der Waals surface area contributed by atoms with Crippen LogP contribution in [0.25, 0.3) is 0 Å². The quantitative estimate of drug-likeness (QED) is 0.434. The van der Waals surface area contributed by atoms with Crippen LogP contribution in [0, 0.1) is 0 Å². The first-order chi connectivity index (χ1) is 3.63. The number of rotatable bonds is 3. The Bertz CT molecular complexity index is 51.2. The molecule has 0 rings (SSSR count). The van der Waals surface area contributed by atoms with Gasteiger partial charge in [0.2, 0.25) is 0 Å². The maximum absolute atomic E-state index is 5.21. The van der Waals surface area contributed by atoms with E-state index in [1.165, 1.54) is 0 Å². The Kier molecular flexibility index (Phi) is 15.8. The van der Waals surface area contributed by atoms with Gasteiger partial charge >= 0.3 is 0 Å². The largest absolute Gasteiger partial charge is 0.316 e. The minimum atomic E-state index is -0.274. The average Bonchev–Trinajstić information content (AvgIpc) is 1.61. The van der Waals surface area contributed by atoms with Crippen LogP contribution in [0.1, 0.15) is 12.8 Å². The molecule has 0 aromatic heterocycles. The van der Waals surface area contributed by atoms with Gasteiger partial charge < -0.3 is 22.9 Å². The van der Waals surface area contributed by atoms with Crippen molar-refractivity contribution in [3.05, 3.63) is 0 Å². The van der Waals surface area contributed by atoms with Crippen LogP contribution in [-0.2, 0) is 0 Å². The lowest BCUT2D eigenvalue weighted by Crippen LogP contribution is -2.36. The molecule has 0 atom stereocenters. The maximum Gasteiger partial charge on any atom is 0.0521 e. The van der Waals surface area contributed by atoms with Gasteiger partial charge in [-0.25, -0.2) is 0 Å². The maximum atomic E-state index is 5.21. The first-order valence-corrected chi connectivity index (χ1v) is 2.65. The Morgan fingerprint density at radius 3 is 1.00 bits per heavy atom. The molecule has 6 heteroatoms. The Labute approximate surface area is 73.5 Å². The number of hydrogen-bond acceptors (Lipinski definition) is 4. The van der Waals surface area contributed by atoms with Crippen molar-refractivity contribution in [1.29, 1.82) is 0 Å². The topological polar surface area (TPSA) is 104 Å². The highest BCUT2D eigenvalue weighted by Crippen LogP contribution is 1.87. The fraction of sp³-hybridized carbons (Fsp3) is 1.00. The summed E-state index contributed by atoms with van der Waals surface area (Å²) < 4.78 is 0. The Morgan fingerprint density at radius 2 is 0.900 bits per heavy atom. The molecule has 0 saturated carbocycles. The van der Waals surface area contributed by atoms with Gasteiger partial charge in [0, 0.05) is 0 Å². The van der Waals surface area contributed by atoms with Crippen LogP contribution >= 0.6 is 24.8 Å². The van der Waals surface area contributed by atoms with Crippen LogP contribution in [-0.4, -0.2) is 12.3 Å².